The molecule has 0 saturated carbocycles. The average Bonchev–Trinajstić information content (AvgIpc) is 2.80. The summed E-state index contributed by atoms with van der Waals surface area (Å²) in [6.07, 6.45) is 1.70. The molecule has 21 heavy (non-hydrogen) atoms. The first kappa shape index (κ1) is 17.5. The number of urea groups is 1. The zero-order chi connectivity index (χ0) is 16.0. The number of hydrogen-bond acceptors (Lipinski definition) is 4. The zero-order valence-corrected chi connectivity index (χ0v) is 13.7. The van der Waals surface area contributed by atoms with Gasteiger partial charge in [-0.3, -0.25) is 0 Å². The van der Waals surface area contributed by atoms with Crippen LogP contribution in [0.15, 0.2) is 16.5 Å². The average molecular weight is 317 g/mol. The van der Waals surface area contributed by atoms with Crippen molar-refractivity contribution in [1.82, 2.24) is 14.9 Å². The van der Waals surface area contributed by atoms with Gasteiger partial charge in [-0.1, -0.05) is 0 Å². The van der Waals surface area contributed by atoms with E-state index in [1.54, 1.807) is 0 Å². The predicted molar refractivity (Wildman–Crippen MR) is 80.5 cm³/mol. The van der Waals surface area contributed by atoms with Crippen molar-refractivity contribution in [2.45, 2.75) is 26.3 Å². The highest BCUT2D eigenvalue weighted by Crippen LogP contribution is 2.15. The van der Waals surface area contributed by atoms with Gasteiger partial charge in [0.15, 0.2) is 0 Å². The van der Waals surface area contributed by atoms with Crippen molar-refractivity contribution in [3.05, 3.63) is 23.7 Å². The molecule has 2 N–H and O–H groups in total. The van der Waals surface area contributed by atoms with E-state index >= 15 is 0 Å². The maximum atomic E-state index is 11.7. The van der Waals surface area contributed by atoms with Crippen molar-refractivity contribution < 1.29 is 17.6 Å². The van der Waals surface area contributed by atoms with Gasteiger partial charge in [0.2, 0.25) is 10.0 Å². The van der Waals surface area contributed by atoms with Crippen LogP contribution in [0.3, 0.4) is 0 Å². The number of sulfonamides is 1. The SMILES string of the molecule is Cc1ccc([C@@H](C)NC(=O)NCCCN(C)S(C)(=O)=O)o1. The van der Waals surface area contributed by atoms with Crippen LogP contribution in [0.2, 0.25) is 0 Å². The van der Waals surface area contributed by atoms with Crippen LogP contribution in [0.4, 0.5) is 4.79 Å². The number of aryl methyl sites for hydroxylation is 1. The predicted octanol–water partition coefficient (Wildman–Crippen LogP) is 1.23. The van der Waals surface area contributed by atoms with E-state index in [0.29, 0.717) is 25.3 Å². The van der Waals surface area contributed by atoms with Crippen molar-refractivity contribution in [2.75, 3.05) is 26.4 Å². The molecular weight excluding hydrogens is 294 g/mol. The molecule has 1 aromatic heterocycles. The number of rotatable bonds is 7. The monoisotopic (exact) mass is 317 g/mol. The molecule has 8 heteroatoms. The second kappa shape index (κ2) is 7.46. The van der Waals surface area contributed by atoms with Gasteiger partial charge in [-0.25, -0.2) is 17.5 Å². The smallest absolute Gasteiger partial charge is 0.315 e. The lowest BCUT2D eigenvalue weighted by atomic mass is 10.2. The van der Waals surface area contributed by atoms with E-state index in [0.717, 1.165) is 12.0 Å². The number of carbonyl (C=O) groups is 1. The maximum absolute atomic E-state index is 11.7. The van der Waals surface area contributed by atoms with Gasteiger partial charge in [0, 0.05) is 20.1 Å². The van der Waals surface area contributed by atoms with Crippen molar-refractivity contribution >= 4 is 16.1 Å². The molecule has 1 rings (SSSR count). The molecular formula is C13H23N3O4S. The zero-order valence-electron chi connectivity index (χ0n) is 12.8. The summed E-state index contributed by atoms with van der Waals surface area (Å²) in [4.78, 5) is 11.7. The quantitative estimate of drug-likeness (QED) is 0.740. The van der Waals surface area contributed by atoms with Crippen LogP contribution >= 0.6 is 0 Å². The van der Waals surface area contributed by atoms with E-state index in [4.69, 9.17) is 4.42 Å². The molecule has 0 unspecified atom stereocenters. The molecule has 0 radical (unpaired) electrons. The standard InChI is InChI=1S/C13H23N3O4S/c1-10-6-7-12(20-10)11(2)15-13(17)14-8-5-9-16(3)21(4,18)19/h6-7,11H,5,8-9H2,1-4H3,(H2,14,15,17)/t11-/m1/s1. The summed E-state index contributed by atoms with van der Waals surface area (Å²) in [5.41, 5.74) is 0. The number of carbonyl (C=O) groups excluding carboxylic acids is 1. The van der Waals surface area contributed by atoms with Gasteiger partial charge in [-0.15, -0.1) is 0 Å². The van der Waals surface area contributed by atoms with Crippen LogP contribution in [0.5, 0.6) is 0 Å². The lowest BCUT2D eigenvalue weighted by Gasteiger charge is -2.15. The van der Waals surface area contributed by atoms with Crippen molar-refractivity contribution in [1.29, 1.82) is 0 Å². The Balaban J connectivity index is 2.26. The molecule has 0 bridgehead atoms. The second-order valence-electron chi connectivity index (χ2n) is 5.01. The van der Waals surface area contributed by atoms with Crippen LogP contribution in [0.1, 0.15) is 30.9 Å². The normalized spacial score (nSPS) is 13.2. The van der Waals surface area contributed by atoms with Gasteiger partial charge in [-0.05, 0) is 32.4 Å². The van der Waals surface area contributed by atoms with Gasteiger partial charge in [0.25, 0.3) is 0 Å². The fraction of sp³-hybridized carbons (Fsp3) is 0.615. The number of nitrogens with one attached hydrogen (secondary N) is 2. The van der Waals surface area contributed by atoms with E-state index in [1.807, 2.05) is 26.0 Å². The Bertz CT molecular complexity index is 568. The summed E-state index contributed by atoms with van der Waals surface area (Å²) >= 11 is 0. The highest BCUT2D eigenvalue weighted by atomic mass is 32.2. The molecule has 1 heterocycles. The minimum Gasteiger partial charge on any atom is -0.464 e. The summed E-state index contributed by atoms with van der Waals surface area (Å²) in [6, 6.07) is 3.13. The third-order valence-corrected chi connectivity index (χ3v) is 4.35. The van der Waals surface area contributed by atoms with Crippen LogP contribution < -0.4 is 10.6 Å². The summed E-state index contributed by atoms with van der Waals surface area (Å²) in [5.74, 6) is 1.49. The Labute approximate surface area is 125 Å². The summed E-state index contributed by atoms with van der Waals surface area (Å²) < 4.78 is 29.0. The lowest BCUT2D eigenvalue weighted by Crippen LogP contribution is -2.38. The Morgan fingerprint density at radius 1 is 1.43 bits per heavy atom. The van der Waals surface area contributed by atoms with Crippen molar-refractivity contribution in [3.63, 3.8) is 0 Å². The number of hydrogen-bond donors (Lipinski definition) is 2. The number of amides is 2. The van der Waals surface area contributed by atoms with Crippen LogP contribution in [0, 0.1) is 6.92 Å². The molecule has 0 aliphatic rings. The van der Waals surface area contributed by atoms with E-state index < -0.39 is 10.0 Å². The van der Waals surface area contributed by atoms with E-state index in [-0.39, 0.29) is 12.1 Å². The Hall–Kier alpha value is -1.54. The summed E-state index contributed by atoms with van der Waals surface area (Å²) in [7, 11) is -1.65. The topological polar surface area (TPSA) is 91.7 Å². The van der Waals surface area contributed by atoms with E-state index in [2.05, 4.69) is 10.6 Å². The molecule has 120 valence electrons. The highest BCUT2D eigenvalue weighted by molar-refractivity contribution is 7.88. The van der Waals surface area contributed by atoms with Gasteiger partial charge in [-0.2, -0.15) is 0 Å². The van der Waals surface area contributed by atoms with Gasteiger partial charge >= 0.3 is 6.03 Å². The molecule has 7 nitrogen and oxygen atoms in total. The number of furan rings is 1. The molecule has 2 amide bonds. The minimum absolute atomic E-state index is 0.225. The van der Waals surface area contributed by atoms with E-state index in [9.17, 15) is 13.2 Å². The maximum Gasteiger partial charge on any atom is 0.315 e. The molecule has 0 aliphatic heterocycles. The van der Waals surface area contributed by atoms with Gasteiger partial charge in [0.05, 0.1) is 12.3 Å². The molecule has 0 aliphatic carbocycles. The third-order valence-electron chi connectivity index (χ3n) is 3.04. The van der Waals surface area contributed by atoms with Crippen LogP contribution in [-0.4, -0.2) is 45.1 Å². The summed E-state index contributed by atoms with van der Waals surface area (Å²) in [5, 5.41) is 5.44. The molecule has 0 fully saturated rings. The van der Waals surface area contributed by atoms with Crippen molar-refractivity contribution in [2.24, 2.45) is 0 Å². The Morgan fingerprint density at radius 3 is 2.62 bits per heavy atom. The first-order valence-electron chi connectivity index (χ1n) is 6.72. The number of nitrogens with zero attached hydrogens (tertiary/aromatic N) is 1. The second-order valence-corrected chi connectivity index (χ2v) is 7.10. The first-order chi connectivity index (χ1) is 9.70. The molecule has 0 saturated heterocycles. The lowest BCUT2D eigenvalue weighted by molar-refractivity contribution is 0.235. The fourth-order valence-corrected chi connectivity index (χ4v) is 2.14. The molecule has 0 spiro atoms. The highest BCUT2D eigenvalue weighted by Gasteiger charge is 2.13. The van der Waals surface area contributed by atoms with Gasteiger partial charge < -0.3 is 15.1 Å². The van der Waals surface area contributed by atoms with Crippen LogP contribution in [-0.2, 0) is 10.0 Å². The van der Waals surface area contributed by atoms with Crippen LogP contribution in [0.25, 0.3) is 0 Å². The first-order valence-corrected chi connectivity index (χ1v) is 8.57. The van der Waals surface area contributed by atoms with Gasteiger partial charge in [0.1, 0.15) is 11.5 Å². The van der Waals surface area contributed by atoms with E-state index in [1.165, 1.54) is 11.4 Å². The fourth-order valence-electron chi connectivity index (χ4n) is 1.67. The Morgan fingerprint density at radius 2 is 2.10 bits per heavy atom. The minimum atomic E-state index is -3.16. The summed E-state index contributed by atoms with van der Waals surface area (Å²) in [6.45, 7) is 4.44. The molecule has 1 atom stereocenters. The molecule has 1 aromatic rings. The Kier molecular flexibility index (Phi) is 6.22. The largest absolute Gasteiger partial charge is 0.464 e. The molecule has 0 aromatic carbocycles. The third kappa shape index (κ3) is 6.17. The van der Waals surface area contributed by atoms with Crippen molar-refractivity contribution in [3.8, 4) is 0 Å².